The molecule has 1 rings (SSSR count). The number of ether oxygens (including phenoxy) is 1. The molecule has 0 bridgehead atoms. The van der Waals surface area contributed by atoms with E-state index >= 15 is 0 Å². The molecule has 92 valence electrons. The third kappa shape index (κ3) is 5.09. The van der Waals surface area contributed by atoms with Gasteiger partial charge < -0.3 is 21.1 Å². The summed E-state index contributed by atoms with van der Waals surface area (Å²) >= 11 is 0. The van der Waals surface area contributed by atoms with Crippen molar-refractivity contribution in [1.82, 2.24) is 10.6 Å². The van der Waals surface area contributed by atoms with E-state index in [0.717, 1.165) is 6.54 Å². The molecule has 2 atom stereocenters. The number of nitrogens with one attached hydrogen (secondary N) is 2. The number of morpholine rings is 1. The molecule has 6 nitrogen and oxygen atoms in total. The maximum Gasteiger partial charge on any atom is 0.222 e. The Hall–Kier alpha value is -1.14. The first-order valence-corrected chi connectivity index (χ1v) is 5.48. The zero-order valence-electron chi connectivity index (χ0n) is 9.49. The van der Waals surface area contributed by atoms with Crippen LogP contribution in [0.4, 0.5) is 0 Å². The minimum absolute atomic E-state index is 0.0745. The van der Waals surface area contributed by atoms with Crippen LogP contribution in [0.1, 0.15) is 19.8 Å². The average molecular weight is 229 g/mol. The number of rotatable bonds is 5. The SMILES string of the molecule is CC(CC(N)=O)NC(=O)CC1CNCCO1. The molecule has 0 aromatic rings. The maximum atomic E-state index is 11.5. The molecule has 1 fully saturated rings. The van der Waals surface area contributed by atoms with Crippen molar-refractivity contribution in [2.75, 3.05) is 19.7 Å². The average Bonchev–Trinajstić information content (AvgIpc) is 2.17. The third-order valence-electron chi connectivity index (χ3n) is 2.33. The van der Waals surface area contributed by atoms with Gasteiger partial charge in [-0.1, -0.05) is 0 Å². The molecule has 16 heavy (non-hydrogen) atoms. The highest BCUT2D eigenvalue weighted by atomic mass is 16.5. The first-order chi connectivity index (χ1) is 7.58. The molecular weight excluding hydrogens is 210 g/mol. The molecule has 1 heterocycles. The van der Waals surface area contributed by atoms with E-state index in [1.165, 1.54) is 0 Å². The molecular formula is C10H19N3O3. The summed E-state index contributed by atoms with van der Waals surface area (Å²) in [6.07, 6.45) is 0.403. The highest BCUT2D eigenvalue weighted by molar-refractivity contribution is 5.79. The van der Waals surface area contributed by atoms with Gasteiger partial charge in [-0.05, 0) is 6.92 Å². The Morgan fingerprint density at radius 1 is 1.62 bits per heavy atom. The van der Waals surface area contributed by atoms with Crippen LogP contribution in [0, 0.1) is 0 Å². The Bertz CT molecular complexity index is 252. The van der Waals surface area contributed by atoms with Crippen LogP contribution in [0.25, 0.3) is 0 Å². The highest BCUT2D eigenvalue weighted by Crippen LogP contribution is 2.02. The molecule has 2 amide bonds. The van der Waals surface area contributed by atoms with Crippen molar-refractivity contribution in [3.8, 4) is 0 Å². The fourth-order valence-electron chi connectivity index (χ4n) is 1.64. The van der Waals surface area contributed by atoms with Crippen LogP contribution >= 0.6 is 0 Å². The van der Waals surface area contributed by atoms with Gasteiger partial charge in [0.25, 0.3) is 0 Å². The molecule has 1 aliphatic heterocycles. The van der Waals surface area contributed by atoms with Gasteiger partial charge in [-0.15, -0.1) is 0 Å². The Kier molecular flexibility index (Phi) is 5.21. The number of carbonyl (C=O) groups is 2. The van der Waals surface area contributed by atoms with Gasteiger partial charge in [0.2, 0.25) is 11.8 Å². The van der Waals surface area contributed by atoms with E-state index in [0.29, 0.717) is 19.6 Å². The number of carbonyl (C=O) groups excluding carboxylic acids is 2. The monoisotopic (exact) mass is 229 g/mol. The topological polar surface area (TPSA) is 93.5 Å². The molecule has 0 aromatic heterocycles. The number of primary amides is 1. The predicted octanol–water partition coefficient (Wildman–Crippen LogP) is -1.25. The van der Waals surface area contributed by atoms with Gasteiger partial charge >= 0.3 is 0 Å². The summed E-state index contributed by atoms with van der Waals surface area (Å²) in [6, 6.07) is -0.221. The number of hydrogen-bond donors (Lipinski definition) is 3. The molecule has 2 unspecified atom stereocenters. The normalized spacial score (nSPS) is 22.4. The lowest BCUT2D eigenvalue weighted by molar-refractivity contribution is -0.125. The van der Waals surface area contributed by atoms with E-state index in [1.807, 2.05) is 0 Å². The van der Waals surface area contributed by atoms with Crippen LogP contribution in [0.3, 0.4) is 0 Å². The molecule has 0 aliphatic carbocycles. The minimum atomic E-state index is -0.414. The second kappa shape index (κ2) is 6.44. The Morgan fingerprint density at radius 3 is 2.94 bits per heavy atom. The van der Waals surface area contributed by atoms with Crippen molar-refractivity contribution in [3.05, 3.63) is 0 Å². The highest BCUT2D eigenvalue weighted by Gasteiger charge is 2.18. The van der Waals surface area contributed by atoms with Crippen LogP contribution in [0.15, 0.2) is 0 Å². The van der Waals surface area contributed by atoms with E-state index in [1.54, 1.807) is 6.92 Å². The van der Waals surface area contributed by atoms with Crippen molar-refractivity contribution in [1.29, 1.82) is 0 Å². The summed E-state index contributed by atoms with van der Waals surface area (Å²) < 4.78 is 5.40. The fraction of sp³-hybridized carbons (Fsp3) is 0.800. The lowest BCUT2D eigenvalue weighted by Crippen LogP contribution is -2.43. The Morgan fingerprint density at radius 2 is 2.38 bits per heavy atom. The van der Waals surface area contributed by atoms with E-state index in [2.05, 4.69) is 10.6 Å². The second-order valence-corrected chi connectivity index (χ2v) is 4.04. The molecule has 1 aliphatic rings. The summed E-state index contributed by atoms with van der Waals surface area (Å²) in [5.41, 5.74) is 5.03. The van der Waals surface area contributed by atoms with E-state index < -0.39 is 5.91 Å². The standard InChI is InChI=1S/C10H19N3O3/c1-7(4-9(11)14)13-10(15)5-8-6-12-2-3-16-8/h7-8,12H,2-6H2,1H3,(H2,11,14)(H,13,15). The van der Waals surface area contributed by atoms with E-state index in [9.17, 15) is 9.59 Å². The predicted molar refractivity (Wildman–Crippen MR) is 58.6 cm³/mol. The summed E-state index contributed by atoms with van der Waals surface area (Å²) in [5.74, 6) is -0.522. The van der Waals surface area contributed by atoms with Gasteiger partial charge in [0.1, 0.15) is 0 Å². The largest absolute Gasteiger partial charge is 0.375 e. The van der Waals surface area contributed by atoms with Crippen LogP contribution < -0.4 is 16.4 Å². The molecule has 6 heteroatoms. The minimum Gasteiger partial charge on any atom is -0.375 e. The molecule has 0 radical (unpaired) electrons. The van der Waals surface area contributed by atoms with Crippen molar-refractivity contribution < 1.29 is 14.3 Å². The molecule has 0 saturated carbocycles. The van der Waals surface area contributed by atoms with E-state index in [-0.39, 0.29) is 24.5 Å². The van der Waals surface area contributed by atoms with Gasteiger partial charge in [-0.2, -0.15) is 0 Å². The van der Waals surface area contributed by atoms with Gasteiger partial charge in [-0.25, -0.2) is 0 Å². The van der Waals surface area contributed by atoms with Crippen molar-refractivity contribution >= 4 is 11.8 Å². The quantitative estimate of drug-likeness (QED) is 0.549. The fourth-order valence-corrected chi connectivity index (χ4v) is 1.64. The van der Waals surface area contributed by atoms with Gasteiger partial charge in [-0.3, -0.25) is 9.59 Å². The summed E-state index contributed by atoms with van der Waals surface area (Å²) in [6.45, 7) is 3.91. The van der Waals surface area contributed by atoms with Crippen LogP contribution in [0.2, 0.25) is 0 Å². The summed E-state index contributed by atoms with van der Waals surface area (Å²) in [5, 5.41) is 5.86. The molecule has 0 aromatic carbocycles. The first kappa shape index (κ1) is 12.9. The van der Waals surface area contributed by atoms with Crippen LogP contribution in [-0.4, -0.2) is 43.7 Å². The number of hydrogen-bond acceptors (Lipinski definition) is 4. The zero-order chi connectivity index (χ0) is 12.0. The van der Waals surface area contributed by atoms with E-state index in [4.69, 9.17) is 10.5 Å². The maximum absolute atomic E-state index is 11.5. The first-order valence-electron chi connectivity index (χ1n) is 5.48. The van der Waals surface area contributed by atoms with Crippen molar-refractivity contribution in [2.45, 2.75) is 31.9 Å². The lowest BCUT2D eigenvalue weighted by atomic mass is 10.2. The molecule has 4 N–H and O–H groups in total. The van der Waals surface area contributed by atoms with Gasteiger partial charge in [0, 0.05) is 25.6 Å². The summed E-state index contributed by atoms with van der Waals surface area (Å²) in [7, 11) is 0. The lowest BCUT2D eigenvalue weighted by Gasteiger charge is -2.23. The van der Waals surface area contributed by atoms with Crippen LogP contribution in [-0.2, 0) is 14.3 Å². The third-order valence-corrected chi connectivity index (χ3v) is 2.33. The second-order valence-electron chi connectivity index (χ2n) is 4.04. The summed E-state index contributed by atoms with van der Waals surface area (Å²) in [4.78, 5) is 22.1. The smallest absolute Gasteiger partial charge is 0.222 e. The van der Waals surface area contributed by atoms with Gasteiger partial charge in [0.05, 0.1) is 19.1 Å². The molecule has 0 spiro atoms. The number of nitrogens with two attached hydrogens (primary N) is 1. The van der Waals surface area contributed by atoms with Crippen LogP contribution in [0.5, 0.6) is 0 Å². The van der Waals surface area contributed by atoms with Crippen molar-refractivity contribution in [2.24, 2.45) is 5.73 Å². The van der Waals surface area contributed by atoms with Gasteiger partial charge in [0.15, 0.2) is 0 Å². The molecule has 1 saturated heterocycles. The van der Waals surface area contributed by atoms with Crippen molar-refractivity contribution in [3.63, 3.8) is 0 Å². The zero-order valence-corrected chi connectivity index (χ0v) is 9.49. The Balaban J connectivity index is 2.21. The number of amides is 2. The Labute approximate surface area is 94.9 Å².